The number of ether oxygens (including phenoxy) is 2. The van der Waals surface area contributed by atoms with E-state index in [2.05, 4.69) is 4.74 Å². The van der Waals surface area contributed by atoms with E-state index < -0.39 is 41.3 Å². The van der Waals surface area contributed by atoms with Gasteiger partial charge in [-0.3, -0.25) is 14.6 Å². The number of halogens is 6. The Morgan fingerprint density at radius 3 is 2.48 bits per heavy atom. The van der Waals surface area contributed by atoms with Crippen LogP contribution in [0.15, 0.2) is 12.1 Å². The number of carbonyl (C=O) groups excluding carboxylic acids is 2. The fourth-order valence-electron chi connectivity index (χ4n) is 2.09. The zero-order valence-electron chi connectivity index (χ0n) is 13.6. The zero-order chi connectivity index (χ0) is 20.5. The van der Waals surface area contributed by atoms with Gasteiger partial charge in [0.2, 0.25) is 5.91 Å². The molecule has 0 aromatic heterocycles. The van der Waals surface area contributed by atoms with E-state index in [1.54, 1.807) is 0 Å². The first-order valence-electron chi connectivity index (χ1n) is 7.25. The first-order valence-corrected chi connectivity index (χ1v) is 8.00. The van der Waals surface area contributed by atoms with Crippen molar-refractivity contribution in [3.05, 3.63) is 22.2 Å². The summed E-state index contributed by atoms with van der Waals surface area (Å²) in [4.78, 5) is 25.7. The average molecular weight is 434 g/mol. The number of benzene rings is 1. The minimum atomic E-state index is -4.82. The minimum Gasteiger partial charge on any atom is -0.427 e. The van der Waals surface area contributed by atoms with Crippen LogP contribution in [0.25, 0.3) is 0 Å². The van der Waals surface area contributed by atoms with E-state index >= 15 is 0 Å². The molecule has 2 N–H and O–H groups in total. The quantitative estimate of drug-likeness (QED) is 0.697. The molecular weight excluding hydrogens is 421 g/mol. The van der Waals surface area contributed by atoms with E-state index in [4.69, 9.17) is 33.7 Å². The van der Waals surface area contributed by atoms with Crippen LogP contribution in [0.1, 0.15) is 6.92 Å². The molecule has 7 nitrogen and oxygen atoms in total. The predicted molar refractivity (Wildman–Crippen MR) is 87.2 cm³/mol. The van der Waals surface area contributed by atoms with Crippen LogP contribution in [-0.2, 0) is 9.53 Å². The third kappa shape index (κ3) is 4.47. The average Bonchev–Trinajstić information content (AvgIpc) is 2.57. The summed E-state index contributed by atoms with van der Waals surface area (Å²) >= 11 is 11.7. The van der Waals surface area contributed by atoms with Gasteiger partial charge in [-0.1, -0.05) is 23.2 Å². The van der Waals surface area contributed by atoms with Crippen LogP contribution in [0, 0.1) is 0 Å². The number of nitrogens with two attached hydrogens (primary N) is 1. The molecule has 0 bridgehead atoms. The lowest BCUT2D eigenvalue weighted by Crippen LogP contribution is -2.57. The van der Waals surface area contributed by atoms with Crippen molar-refractivity contribution >= 4 is 40.8 Å². The number of primary amides is 1. The van der Waals surface area contributed by atoms with Gasteiger partial charge < -0.3 is 15.2 Å². The van der Waals surface area contributed by atoms with Gasteiger partial charge in [0.1, 0.15) is 25.3 Å². The van der Waals surface area contributed by atoms with Gasteiger partial charge in [-0.15, -0.1) is 0 Å². The van der Waals surface area contributed by atoms with Crippen LogP contribution < -0.4 is 15.4 Å². The Morgan fingerprint density at radius 2 is 1.93 bits per heavy atom. The molecule has 0 radical (unpaired) electrons. The molecule has 3 amide bonds. The van der Waals surface area contributed by atoms with E-state index in [0.717, 1.165) is 21.9 Å². The summed E-state index contributed by atoms with van der Waals surface area (Å²) in [5, 5.41) is -0.643. The van der Waals surface area contributed by atoms with Crippen molar-refractivity contribution in [2.75, 3.05) is 18.4 Å². The largest absolute Gasteiger partial charge is 0.461 e. The van der Waals surface area contributed by atoms with E-state index in [1.807, 2.05) is 0 Å². The highest BCUT2D eigenvalue weighted by Gasteiger charge is 2.44. The van der Waals surface area contributed by atoms with Crippen molar-refractivity contribution in [2.45, 2.75) is 25.5 Å². The van der Waals surface area contributed by atoms with Crippen LogP contribution in [0.3, 0.4) is 0 Å². The summed E-state index contributed by atoms with van der Waals surface area (Å²) in [6.45, 7) is 0.749. The van der Waals surface area contributed by atoms with Crippen LogP contribution in [-0.4, -0.2) is 48.9 Å². The molecule has 0 spiro atoms. The SMILES string of the molecule is CC(C(N)=O)N1COCN(c2cc(OC(F)(F)C(F)F)c(Cl)cc2Cl)C1=O. The summed E-state index contributed by atoms with van der Waals surface area (Å²) in [6, 6.07) is -0.0756. The topological polar surface area (TPSA) is 85.1 Å². The Morgan fingerprint density at radius 1 is 1.30 bits per heavy atom. The highest BCUT2D eigenvalue weighted by atomic mass is 35.5. The Kier molecular flexibility index (Phi) is 6.28. The standard InChI is InChI=1S/C14H13Cl2F4N3O4/c1-6(11(21)24)22-4-26-5-23(13(22)25)9-3-10(8(16)2-7(9)15)27-14(19,20)12(17)18/h2-3,6,12H,4-5H2,1H3,(H2,21,24). The second-order valence-corrected chi connectivity index (χ2v) is 6.23. The molecule has 1 atom stereocenters. The lowest BCUT2D eigenvalue weighted by Gasteiger charge is -2.37. The molecule has 1 aromatic rings. The van der Waals surface area contributed by atoms with Crippen molar-refractivity contribution in [3.63, 3.8) is 0 Å². The maximum Gasteiger partial charge on any atom is 0.461 e. The van der Waals surface area contributed by atoms with Gasteiger partial charge in [-0.2, -0.15) is 17.6 Å². The third-order valence-corrected chi connectivity index (χ3v) is 4.20. The van der Waals surface area contributed by atoms with Gasteiger partial charge >= 0.3 is 18.6 Å². The Labute approximate surface area is 160 Å². The fourth-order valence-corrected chi connectivity index (χ4v) is 2.62. The number of hydrogen-bond donors (Lipinski definition) is 1. The molecule has 0 aliphatic carbocycles. The molecule has 0 saturated carbocycles. The van der Waals surface area contributed by atoms with E-state index in [0.29, 0.717) is 0 Å². The highest BCUT2D eigenvalue weighted by Crippen LogP contribution is 2.40. The lowest BCUT2D eigenvalue weighted by atomic mass is 10.2. The van der Waals surface area contributed by atoms with Gasteiger partial charge in [0.25, 0.3) is 0 Å². The molecule has 1 heterocycles. The van der Waals surface area contributed by atoms with Crippen molar-refractivity contribution in [1.29, 1.82) is 0 Å². The number of amides is 3. The molecule has 1 saturated heterocycles. The summed E-state index contributed by atoms with van der Waals surface area (Å²) in [5.41, 5.74) is 4.96. The summed E-state index contributed by atoms with van der Waals surface area (Å²) < 4.78 is 60.3. The number of urea groups is 1. The lowest BCUT2D eigenvalue weighted by molar-refractivity contribution is -0.253. The maximum atomic E-state index is 13.2. The van der Waals surface area contributed by atoms with Crippen molar-refractivity contribution in [3.8, 4) is 5.75 Å². The van der Waals surface area contributed by atoms with Crippen LogP contribution in [0.4, 0.5) is 28.0 Å². The maximum absolute atomic E-state index is 13.2. The van der Waals surface area contributed by atoms with Gasteiger partial charge in [0.05, 0.1) is 15.7 Å². The molecule has 2 rings (SSSR count). The van der Waals surface area contributed by atoms with Crippen molar-refractivity contribution in [1.82, 2.24) is 4.90 Å². The van der Waals surface area contributed by atoms with E-state index in [-0.39, 0.29) is 24.2 Å². The van der Waals surface area contributed by atoms with Crippen LogP contribution in [0.5, 0.6) is 5.75 Å². The second-order valence-electron chi connectivity index (χ2n) is 5.42. The Bertz CT molecular complexity index is 753. The number of rotatable bonds is 6. The monoisotopic (exact) mass is 433 g/mol. The van der Waals surface area contributed by atoms with Gasteiger partial charge in [0, 0.05) is 6.07 Å². The predicted octanol–water partition coefficient (Wildman–Crippen LogP) is 3.28. The summed E-state index contributed by atoms with van der Waals surface area (Å²) in [7, 11) is 0. The number of carbonyl (C=O) groups is 2. The molecule has 150 valence electrons. The first kappa shape index (κ1) is 21.3. The fraction of sp³-hybridized carbons (Fsp3) is 0.429. The molecule has 1 unspecified atom stereocenters. The Balaban J connectivity index is 2.38. The molecule has 13 heteroatoms. The summed E-state index contributed by atoms with van der Waals surface area (Å²) in [5.74, 6) is -1.63. The Hall–Kier alpha value is -1.98. The highest BCUT2D eigenvalue weighted by molar-refractivity contribution is 6.37. The first-order chi connectivity index (χ1) is 12.5. The molecule has 1 aliphatic rings. The molecule has 27 heavy (non-hydrogen) atoms. The molecular formula is C14H13Cl2F4N3O4. The normalized spacial score (nSPS) is 16.7. The molecule has 1 fully saturated rings. The van der Waals surface area contributed by atoms with Crippen molar-refractivity contribution < 1.29 is 36.6 Å². The third-order valence-electron chi connectivity index (χ3n) is 3.60. The van der Waals surface area contributed by atoms with Crippen LogP contribution in [0.2, 0.25) is 10.0 Å². The van der Waals surface area contributed by atoms with Gasteiger partial charge in [-0.25, -0.2) is 4.79 Å². The van der Waals surface area contributed by atoms with Gasteiger partial charge in [0.15, 0.2) is 0 Å². The van der Waals surface area contributed by atoms with Crippen LogP contribution >= 0.6 is 23.2 Å². The minimum absolute atomic E-state index is 0.168. The number of hydrogen-bond acceptors (Lipinski definition) is 4. The molecule has 1 aliphatic heterocycles. The number of alkyl halides is 4. The number of anilines is 1. The zero-order valence-corrected chi connectivity index (χ0v) is 15.1. The van der Waals surface area contributed by atoms with E-state index in [1.165, 1.54) is 6.92 Å². The second kappa shape index (κ2) is 7.95. The summed E-state index contributed by atoms with van der Waals surface area (Å²) in [6.07, 6.45) is -8.93. The van der Waals surface area contributed by atoms with Crippen molar-refractivity contribution in [2.24, 2.45) is 5.73 Å². The smallest absolute Gasteiger partial charge is 0.427 e. The number of nitrogens with zero attached hydrogens (tertiary/aromatic N) is 2. The van der Waals surface area contributed by atoms with Gasteiger partial charge in [-0.05, 0) is 13.0 Å². The van der Waals surface area contributed by atoms with E-state index in [9.17, 15) is 27.2 Å². The molecule has 1 aromatic carbocycles.